The van der Waals surface area contributed by atoms with Crippen molar-refractivity contribution in [2.45, 2.75) is 16.7 Å². The van der Waals surface area contributed by atoms with Gasteiger partial charge in [-0.3, -0.25) is 9.59 Å². The maximum atomic E-state index is 13.0. The third-order valence-electron chi connectivity index (χ3n) is 5.28. The molecule has 0 spiro atoms. The van der Waals surface area contributed by atoms with E-state index in [1.807, 2.05) is 0 Å². The van der Waals surface area contributed by atoms with Crippen LogP contribution in [0, 0.1) is 5.92 Å². The number of benzene rings is 2. The van der Waals surface area contributed by atoms with Gasteiger partial charge in [-0.25, -0.2) is 4.98 Å². The zero-order chi connectivity index (χ0) is 23.9. The smallest absolute Gasteiger partial charge is 0.231 e. The Kier molecular flexibility index (Phi) is 6.81. The first-order valence-corrected chi connectivity index (χ1v) is 11.6. The molecule has 3 N–H and O–H groups in total. The van der Waals surface area contributed by atoms with Crippen molar-refractivity contribution in [2.24, 2.45) is 5.92 Å². The average molecular weight is 544 g/mol. The van der Waals surface area contributed by atoms with E-state index in [1.54, 1.807) is 42.5 Å². The van der Waals surface area contributed by atoms with E-state index in [2.05, 4.69) is 10.3 Å². The van der Waals surface area contributed by atoms with Crippen molar-refractivity contribution in [3.8, 4) is 0 Å². The Balaban J connectivity index is 1.51. The monoisotopic (exact) mass is 541 g/mol. The highest BCUT2D eigenvalue weighted by atomic mass is 35.5. The van der Waals surface area contributed by atoms with Crippen LogP contribution in [0.5, 0.6) is 0 Å². The molecule has 0 saturated heterocycles. The lowest BCUT2D eigenvalue weighted by molar-refractivity contribution is -0.117. The van der Waals surface area contributed by atoms with Gasteiger partial charge < -0.3 is 11.1 Å². The molecule has 10 heteroatoms. The number of carbonyl (C=O) groups is 2. The average Bonchev–Trinajstić information content (AvgIpc) is 3.31. The summed E-state index contributed by atoms with van der Waals surface area (Å²) in [5, 5.41) is 3.86. The van der Waals surface area contributed by atoms with E-state index in [-0.39, 0.29) is 22.8 Å². The van der Waals surface area contributed by atoms with Gasteiger partial charge in [0.25, 0.3) is 0 Å². The number of nitrogens with two attached hydrogens (primary N) is 1. The number of Topliss-reactive ketones (excluding diaryl/α,β-unsaturated/α-hetero) is 1. The summed E-state index contributed by atoms with van der Waals surface area (Å²) in [6.45, 7) is 0. The van der Waals surface area contributed by atoms with Crippen LogP contribution in [-0.4, -0.2) is 21.0 Å². The topological polar surface area (TPSA) is 85.1 Å². The van der Waals surface area contributed by atoms with Crippen molar-refractivity contribution >= 4 is 81.2 Å². The predicted molar refractivity (Wildman–Crippen MR) is 134 cm³/mol. The summed E-state index contributed by atoms with van der Waals surface area (Å²) in [6.07, 6.45) is 0.00879. The molecule has 2 unspecified atom stereocenters. The molecule has 0 bridgehead atoms. The highest BCUT2D eigenvalue weighted by molar-refractivity contribution is 6.53. The van der Waals surface area contributed by atoms with Gasteiger partial charge in [-0.15, -0.1) is 23.2 Å². The number of hydrogen-bond donors (Lipinski definition) is 2. The Morgan fingerprint density at radius 3 is 2.36 bits per heavy atom. The number of pyridine rings is 1. The Morgan fingerprint density at radius 1 is 1.00 bits per heavy atom. The van der Waals surface area contributed by atoms with E-state index in [0.717, 1.165) is 0 Å². The number of nitrogens with one attached hydrogen (secondary N) is 1. The van der Waals surface area contributed by atoms with Gasteiger partial charge in [0.05, 0.1) is 23.1 Å². The number of anilines is 2. The first-order chi connectivity index (χ1) is 15.6. The Hall–Kier alpha value is -2.02. The number of nitrogens with zero attached hydrogens (tertiary/aromatic N) is 1. The number of nitrogen functional groups attached to an aromatic ring is 1. The van der Waals surface area contributed by atoms with Crippen LogP contribution in [0.4, 0.5) is 11.5 Å². The first-order valence-electron chi connectivity index (χ1n) is 9.75. The molecule has 1 aliphatic rings. The maximum absolute atomic E-state index is 13.0. The molecule has 3 aromatic rings. The van der Waals surface area contributed by atoms with Gasteiger partial charge in [0.15, 0.2) is 5.78 Å². The van der Waals surface area contributed by atoms with Crippen LogP contribution in [0.25, 0.3) is 0 Å². The second-order valence-electron chi connectivity index (χ2n) is 7.67. The van der Waals surface area contributed by atoms with Crippen LogP contribution >= 0.6 is 58.0 Å². The normalized spacial score (nSPS) is 18.6. The molecule has 33 heavy (non-hydrogen) atoms. The molecule has 1 aliphatic carbocycles. The van der Waals surface area contributed by atoms with Gasteiger partial charge in [0.2, 0.25) is 5.91 Å². The lowest BCUT2D eigenvalue weighted by Crippen LogP contribution is -2.17. The number of aromatic nitrogens is 1. The number of halogens is 5. The zero-order valence-corrected chi connectivity index (χ0v) is 20.6. The SMILES string of the molecule is Nc1cccc(CC(=O)c2cc(NC(=O)C3C(c4cc(Cl)cc(Cl)c4)C3(Cl)Cl)ccc2Cl)n1. The van der Waals surface area contributed by atoms with Crippen molar-refractivity contribution in [3.63, 3.8) is 0 Å². The maximum Gasteiger partial charge on any atom is 0.231 e. The number of amides is 1. The van der Waals surface area contributed by atoms with Crippen molar-refractivity contribution in [3.05, 3.63) is 86.5 Å². The van der Waals surface area contributed by atoms with E-state index in [1.165, 1.54) is 12.1 Å². The minimum Gasteiger partial charge on any atom is -0.384 e. The lowest BCUT2D eigenvalue weighted by Gasteiger charge is -2.09. The Morgan fingerprint density at radius 2 is 1.70 bits per heavy atom. The molecular formula is C23H16Cl5N3O2. The molecule has 1 amide bonds. The summed E-state index contributed by atoms with van der Waals surface area (Å²) >= 11 is 31.2. The highest BCUT2D eigenvalue weighted by Gasteiger charge is 2.67. The van der Waals surface area contributed by atoms with Crippen LogP contribution in [0.1, 0.15) is 27.5 Å². The number of rotatable bonds is 6. The molecule has 170 valence electrons. The highest BCUT2D eigenvalue weighted by Crippen LogP contribution is 2.65. The predicted octanol–water partition coefficient (Wildman–Crippen LogP) is 6.58. The standard InChI is InChI=1S/C23H16Cl5N3O2/c24-12-6-11(7-13(25)8-12)20-21(23(20,27)28)22(33)31-15-4-5-17(26)16(9-15)18(32)10-14-2-1-3-19(29)30-14/h1-9,20-21H,10H2,(H2,29,30)(H,31,33). The Labute approximate surface area is 215 Å². The summed E-state index contributed by atoms with van der Waals surface area (Å²) in [4.78, 5) is 29.9. The molecule has 0 aliphatic heterocycles. The quantitative estimate of drug-likeness (QED) is 0.272. The molecule has 0 radical (unpaired) electrons. The minimum absolute atomic E-state index is 0.00879. The second kappa shape index (κ2) is 9.32. The number of hydrogen-bond acceptors (Lipinski definition) is 4. The minimum atomic E-state index is -1.32. The fourth-order valence-electron chi connectivity index (χ4n) is 3.72. The zero-order valence-electron chi connectivity index (χ0n) is 16.8. The molecule has 5 nitrogen and oxygen atoms in total. The summed E-state index contributed by atoms with van der Waals surface area (Å²) in [6, 6.07) is 14.6. The summed E-state index contributed by atoms with van der Waals surface area (Å²) < 4.78 is -1.32. The summed E-state index contributed by atoms with van der Waals surface area (Å²) in [7, 11) is 0. The van der Waals surface area contributed by atoms with Crippen LogP contribution in [0.15, 0.2) is 54.6 Å². The van der Waals surface area contributed by atoms with E-state index in [0.29, 0.717) is 32.8 Å². The van der Waals surface area contributed by atoms with Crippen LogP contribution < -0.4 is 11.1 Å². The largest absolute Gasteiger partial charge is 0.384 e. The first kappa shape index (κ1) is 24.1. The fraction of sp³-hybridized carbons (Fsp3) is 0.174. The second-order valence-corrected chi connectivity index (χ2v) is 10.4. The molecule has 1 aromatic heterocycles. The van der Waals surface area contributed by atoms with Gasteiger partial charge in [0.1, 0.15) is 10.2 Å². The third kappa shape index (κ3) is 5.23. The van der Waals surface area contributed by atoms with E-state index >= 15 is 0 Å². The molecule has 2 aromatic carbocycles. The van der Waals surface area contributed by atoms with Crippen LogP contribution in [-0.2, 0) is 11.2 Å². The number of ketones is 1. The molecule has 2 atom stereocenters. The van der Waals surface area contributed by atoms with Gasteiger partial charge in [-0.1, -0.05) is 40.9 Å². The summed E-state index contributed by atoms with van der Waals surface area (Å²) in [5.41, 5.74) is 7.48. The van der Waals surface area contributed by atoms with Gasteiger partial charge >= 0.3 is 0 Å². The van der Waals surface area contributed by atoms with Gasteiger partial charge in [-0.05, 0) is 54.1 Å². The van der Waals surface area contributed by atoms with E-state index in [4.69, 9.17) is 63.7 Å². The molecule has 1 fully saturated rings. The molecule has 1 saturated carbocycles. The van der Waals surface area contributed by atoms with Crippen molar-refractivity contribution in [1.29, 1.82) is 0 Å². The van der Waals surface area contributed by atoms with E-state index in [9.17, 15) is 9.59 Å². The van der Waals surface area contributed by atoms with Crippen molar-refractivity contribution < 1.29 is 9.59 Å². The number of carbonyl (C=O) groups excluding carboxylic acids is 2. The summed E-state index contributed by atoms with van der Waals surface area (Å²) in [5.74, 6) is -1.57. The van der Waals surface area contributed by atoms with Crippen LogP contribution in [0.2, 0.25) is 15.1 Å². The molecular weight excluding hydrogens is 528 g/mol. The Bertz CT molecular complexity index is 1240. The third-order valence-corrected chi connectivity index (χ3v) is 6.99. The van der Waals surface area contributed by atoms with Gasteiger partial charge in [0, 0.05) is 27.2 Å². The van der Waals surface area contributed by atoms with Gasteiger partial charge in [-0.2, -0.15) is 0 Å². The fourth-order valence-corrected chi connectivity index (χ4v) is 5.31. The van der Waals surface area contributed by atoms with Crippen LogP contribution in [0.3, 0.4) is 0 Å². The van der Waals surface area contributed by atoms with E-state index < -0.39 is 22.1 Å². The van der Waals surface area contributed by atoms with Crippen molar-refractivity contribution in [1.82, 2.24) is 4.98 Å². The lowest BCUT2D eigenvalue weighted by atomic mass is 10.0. The molecule has 1 heterocycles. The van der Waals surface area contributed by atoms with Crippen molar-refractivity contribution in [2.75, 3.05) is 11.1 Å². The number of alkyl halides is 2. The molecule has 4 rings (SSSR count).